The summed E-state index contributed by atoms with van der Waals surface area (Å²) in [5, 5.41) is 14.9. The first-order valence-electron chi connectivity index (χ1n) is 12.3. The first-order chi connectivity index (χ1) is 16.1. The van der Waals surface area contributed by atoms with E-state index in [0.29, 0.717) is 18.6 Å². The Kier molecular flexibility index (Phi) is 5.30. The molecule has 3 fully saturated rings. The highest BCUT2D eigenvalue weighted by Gasteiger charge is 2.58. The van der Waals surface area contributed by atoms with Crippen molar-refractivity contribution in [3.8, 4) is 11.5 Å². The third-order valence-corrected chi connectivity index (χ3v) is 8.23. The molecule has 0 bridgehead atoms. The average Bonchev–Trinajstić information content (AvgIpc) is 3.40. The maximum Gasteiger partial charge on any atom is 0.257 e. The van der Waals surface area contributed by atoms with Crippen molar-refractivity contribution < 1.29 is 19.4 Å². The minimum absolute atomic E-state index is 0.00307. The van der Waals surface area contributed by atoms with Crippen molar-refractivity contribution in [2.75, 3.05) is 26.4 Å². The molecule has 6 heteroatoms. The number of nitrogens with one attached hydrogen (secondary N) is 1. The standard InChI is InChI=1S/C27H32N2O4/c30-26(27(31,20-8-4-5-9-20)19-6-2-1-3-7-19)28-25-21-15-29(16-22(21)25)13-12-18-10-11-23-24(14-18)33-17-32-23/h1-3,6-7,10-11,14,20-22,25,31H,4-5,8-9,12-13,15-17H2,(H,28,30)/t21-,22+,25?,27?. The largest absolute Gasteiger partial charge is 0.454 e. The Morgan fingerprint density at radius 3 is 2.52 bits per heavy atom. The molecule has 6 nitrogen and oxygen atoms in total. The van der Waals surface area contributed by atoms with Gasteiger partial charge in [-0.25, -0.2) is 0 Å². The Morgan fingerprint density at radius 1 is 1.03 bits per heavy atom. The molecule has 0 radical (unpaired) electrons. The number of benzene rings is 2. The number of ether oxygens (including phenoxy) is 2. The number of rotatable bonds is 7. The number of likely N-dealkylation sites (tertiary alicyclic amines) is 1. The van der Waals surface area contributed by atoms with Crippen molar-refractivity contribution in [3.63, 3.8) is 0 Å². The van der Waals surface area contributed by atoms with Gasteiger partial charge in [0.15, 0.2) is 17.1 Å². The van der Waals surface area contributed by atoms with Gasteiger partial charge in [-0.2, -0.15) is 0 Å². The minimum atomic E-state index is -1.42. The molecule has 4 aliphatic rings. The zero-order chi connectivity index (χ0) is 22.4. The van der Waals surface area contributed by atoms with Crippen LogP contribution in [0.25, 0.3) is 0 Å². The maximum atomic E-state index is 13.4. The summed E-state index contributed by atoms with van der Waals surface area (Å²) in [4.78, 5) is 15.9. The third kappa shape index (κ3) is 3.79. The molecule has 2 heterocycles. The van der Waals surface area contributed by atoms with E-state index >= 15 is 0 Å². The van der Waals surface area contributed by atoms with Crippen molar-refractivity contribution in [1.82, 2.24) is 10.2 Å². The van der Waals surface area contributed by atoms with Crippen LogP contribution < -0.4 is 14.8 Å². The summed E-state index contributed by atoms with van der Waals surface area (Å²) < 4.78 is 10.9. The van der Waals surface area contributed by atoms with E-state index in [2.05, 4.69) is 22.3 Å². The van der Waals surface area contributed by atoms with E-state index in [1.807, 2.05) is 36.4 Å². The van der Waals surface area contributed by atoms with Gasteiger partial charge in [-0.3, -0.25) is 4.79 Å². The molecule has 2 unspecified atom stereocenters. The van der Waals surface area contributed by atoms with Crippen LogP contribution in [-0.4, -0.2) is 48.4 Å². The van der Waals surface area contributed by atoms with Gasteiger partial charge < -0.3 is 24.8 Å². The van der Waals surface area contributed by atoms with Crippen molar-refractivity contribution in [1.29, 1.82) is 0 Å². The highest BCUT2D eigenvalue weighted by Crippen LogP contribution is 2.47. The minimum Gasteiger partial charge on any atom is -0.454 e. The number of hydrogen-bond donors (Lipinski definition) is 2. The van der Waals surface area contributed by atoms with E-state index < -0.39 is 5.60 Å². The van der Waals surface area contributed by atoms with Gasteiger partial charge in [-0.15, -0.1) is 0 Å². The quantitative estimate of drug-likeness (QED) is 0.681. The summed E-state index contributed by atoms with van der Waals surface area (Å²) in [5.74, 6) is 2.45. The molecule has 0 spiro atoms. The number of fused-ring (bicyclic) bond motifs is 2. The highest BCUT2D eigenvalue weighted by molar-refractivity contribution is 5.87. The second-order valence-electron chi connectivity index (χ2n) is 10.1. The lowest BCUT2D eigenvalue weighted by molar-refractivity contribution is -0.147. The van der Waals surface area contributed by atoms with Crippen LogP contribution in [0.3, 0.4) is 0 Å². The van der Waals surface area contributed by atoms with E-state index in [-0.39, 0.29) is 17.9 Å². The molecular weight excluding hydrogens is 416 g/mol. The van der Waals surface area contributed by atoms with Crippen LogP contribution in [0.15, 0.2) is 48.5 Å². The van der Waals surface area contributed by atoms with E-state index in [4.69, 9.17) is 9.47 Å². The number of aliphatic hydroxyl groups is 1. The molecule has 2 aromatic rings. The van der Waals surface area contributed by atoms with Crippen molar-refractivity contribution in [2.24, 2.45) is 17.8 Å². The van der Waals surface area contributed by atoms with Gasteiger partial charge in [0.25, 0.3) is 5.91 Å². The van der Waals surface area contributed by atoms with Crippen molar-refractivity contribution in [2.45, 2.75) is 43.7 Å². The molecule has 33 heavy (non-hydrogen) atoms. The topological polar surface area (TPSA) is 71.0 Å². The first-order valence-corrected chi connectivity index (χ1v) is 12.3. The molecule has 4 atom stereocenters. The molecule has 1 saturated heterocycles. The van der Waals surface area contributed by atoms with Gasteiger partial charge in [-0.05, 0) is 54.4 Å². The Morgan fingerprint density at radius 2 is 1.76 bits per heavy atom. The van der Waals surface area contributed by atoms with Gasteiger partial charge in [0.1, 0.15) is 0 Å². The van der Waals surface area contributed by atoms with Crippen LogP contribution >= 0.6 is 0 Å². The van der Waals surface area contributed by atoms with Crippen LogP contribution in [0.2, 0.25) is 0 Å². The number of hydrogen-bond acceptors (Lipinski definition) is 5. The Bertz CT molecular complexity index is 1010. The molecule has 2 N–H and O–H groups in total. The van der Waals surface area contributed by atoms with E-state index in [0.717, 1.165) is 68.8 Å². The first kappa shape index (κ1) is 21.0. The van der Waals surface area contributed by atoms with Gasteiger partial charge in [0.2, 0.25) is 6.79 Å². The van der Waals surface area contributed by atoms with E-state index in [1.165, 1.54) is 5.56 Å². The van der Waals surface area contributed by atoms with Crippen molar-refractivity contribution >= 4 is 5.91 Å². The van der Waals surface area contributed by atoms with Crippen LogP contribution in [-0.2, 0) is 16.8 Å². The Labute approximate surface area is 194 Å². The zero-order valence-corrected chi connectivity index (χ0v) is 18.9. The van der Waals surface area contributed by atoms with Crippen LogP contribution in [0.5, 0.6) is 11.5 Å². The zero-order valence-electron chi connectivity index (χ0n) is 18.9. The van der Waals surface area contributed by atoms with Gasteiger partial charge in [0, 0.05) is 31.6 Å². The monoisotopic (exact) mass is 448 g/mol. The van der Waals surface area contributed by atoms with Crippen LogP contribution in [0.4, 0.5) is 0 Å². The number of piperidine rings is 1. The Hall–Kier alpha value is -2.57. The molecule has 6 rings (SSSR count). The Balaban J connectivity index is 1.05. The molecule has 2 saturated carbocycles. The second kappa shape index (κ2) is 8.33. The lowest BCUT2D eigenvalue weighted by atomic mass is 9.79. The predicted octanol–water partition coefficient (Wildman–Crippen LogP) is 3.08. The summed E-state index contributed by atoms with van der Waals surface area (Å²) in [5.41, 5.74) is 0.563. The second-order valence-corrected chi connectivity index (χ2v) is 10.1. The predicted molar refractivity (Wildman–Crippen MR) is 124 cm³/mol. The molecule has 2 aliphatic carbocycles. The summed E-state index contributed by atoms with van der Waals surface area (Å²) in [6.45, 7) is 3.32. The number of carbonyl (C=O) groups excluding carboxylic acids is 1. The summed E-state index contributed by atoms with van der Waals surface area (Å²) >= 11 is 0. The molecule has 1 amide bonds. The fourth-order valence-electron chi connectivity index (χ4n) is 6.24. The van der Waals surface area contributed by atoms with Gasteiger partial charge in [-0.1, -0.05) is 49.2 Å². The van der Waals surface area contributed by atoms with Crippen LogP contribution in [0, 0.1) is 17.8 Å². The summed E-state index contributed by atoms with van der Waals surface area (Å²) in [6, 6.07) is 15.9. The molecule has 2 aliphatic heterocycles. The molecule has 174 valence electrons. The maximum absolute atomic E-state index is 13.4. The number of nitrogens with zero attached hydrogens (tertiary/aromatic N) is 1. The van der Waals surface area contributed by atoms with Crippen LogP contribution in [0.1, 0.15) is 36.8 Å². The lowest BCUT2D eigenvalue weighted by Gasteiger charge is -2.33. The average molecular weight is 449 g/mol. The fourth-order valence-corrected chi connectivity index (χ4v) is 6.24. The van der Waals surface area contributed by atoms with Gasteiger partial charge >= 0.3 is 0 Å². The number of amides is 1. The smallest absolute Gasteiger partial charge is 0.257 e. The summed E-state index contributed by atoms with van der Waals surface area (Å²) in [7, 11) is 0. The lowest BCUT2D eigenvalue weighted by Crippen LogP contribution is -2.51. The SMILES string of the molecule is O=C(NC1[C@H]2CN(CCc3ccc4c(c3)OCO4)C[C@@H]12)C(O)(c1ccccc1)C1CCCC1. The van der Waals surface area contributed by atoms with E-state index in [9.17, 15) is 9.90 Å². The fraction of sp³-hybridized carbons (Fsp3) is 0.519. The summed E-state index contributed by atoms with van der Waals surface area (Å²) in [6.07, 6.45) is 4.96. The highest BCUT2D eigenvalue weighted by atomic mass is 16.7. The molecule has 0 aromatic heterocycles. The molecular formula is C27H32N2O4. The van der Waals surface area contributed by atoms with E-state index in [1.54, 1.807) is 0 Å². The number of carbonyl (C=O) groups is 1. The third-order valence-electron chi connectivity index (χ3n) is 8.23. The van der Waals surface area contributed by atoms with Gasteiger partial charge in [0.05, 0.1) is 0 Å². The van der Waals surface area contributed by atoms with Crippen molar-refractivity contribution in [3.05, 3.63) is 59.7 Å². The normalized spacial score (nSPS) is 27.8. The molecule has 2 aromatic carbocycles.